The summed E-state index contributed by atoms with van der Waals surface area (Å²) in [5, 5.41) is 17.9. The third-order valence-corrected chi connectivity index (χ3v) is 1.35. The molecule has 0 unspecified atom stereocenters. The van der Waals surface area contributed by atoms with E-state index >= 15 is 0 Å². The summed E-state index contributed by atoms with van der Waals surface area (Å²) in [6, 6.07) is 0. The molecule has 74 valence electrons. The number of allylic oxidation sites excluding steroid dienone is 2. The first kappa shape index (κ1) is 11.9. The molecule has 0 aliphatic rings. The maximum absolute atomic E-state index is 10.5. The molecule has 0 aromatic rings. The van der Waals surface area contributed by atoms with Crippen molar-refractivity contribution in [3.63, 3.8) is 0 Å². The minimum absolute atomic E-state index is 0.462. The number of aliphatic hydroxyl groups is 2. The highest BCUT2D eigenvalue weighted by Gasteiger charge is 2.04. The number of ether oxygens (including phenoxy) is 1. The molecule has 0 fully saturated rings. The lowest BCUT2D eigenvalue weighted by molar-refractivity contribution is -0.134. The highest BCUT2D eigenvalue weighted by atomic mass is 16.5. The van der Waals surface area contributed by atoms with E-state index in [1.54, 1.807) is 0 Å². The van der Waals surface area contributed by atoms with Crippen molar-refractivity contribution >= 4 is 5.97 Å². The van der Waals surface area contributed by atoms with Gasteiger partial charge in [0.1, 0.15) is 0 Å². The number of rotatable bonds is 4. The predicted molar refractivity (Wildman–Crippen MR) is 48.0 cm³/mol. The fourth-order valence-corrected chi connectivity index (χ4v) is 0.541. The number of methoxy groups -OCH3 is 1. The molecule has 2 N–H and O–H groups in total. The maximum atomic E-state index is 10.5. The molecule has 0 aliphatic carbocycles. The number of carbonyl (C=O) groups excluding carboxylic acids is 1. The summed E-state index contributed by atoms with van der Waals surface area (Å²) in [5.74, 6) is -0.462. The van der Waals surface area contributed by atoms with E-state index in [1.165, 1.54) is 38.3 Å². The van der Waals surface area contributed by atoms with Gasteiger partial charge in [0.15, 0.2) is 0 Å². The molecule has 4 heteroatoms. The zero-order chi connectivity index (χ0) is 10.3. The molecule has 0 bridgehead atoms. The van der Waals surface area contributed by atoms with Gasteiger partial charge in [0.05, 0.1) is 19.3 Å². The van der Waals surface area contributed by atoms with E-state index in [-0.39, 0.29) is 0 Å². The Hall–Kier alpha value is -1.13. The van der Waals surface area contributed by atoms with E-state index in [4.69, 9.17) is 10.2 Å². The van der Waals surface area contributed by atoms with E-state index in [1.807, 2.05) is 0 Å². The Morgan fingerprint density at radius 3 is 2.46 bits per heavy atom. The van der Waals surface area contributed by atoms with E-state index in [0.717, 1.165) is 0 Å². The molecule has 0 rings (SSSR count). The molecule has 0 saturated heterocycles. The standard InChI is InChI=1S/C9H14O4/c1-7(10)8(11)5-3-4-6-9(12)13-2/h3-8,10-11H,1-2H3/b5-3+,6-4+/t7-,8-/m1/s1. The first-order valence-corrected chi connectivity index (χ1v) is 3.87. The molecule has 0 radical (unpaired) electrons. The minimum Gasteiger partial charge on any atom is -0.466 e. The van der Waals surface area contributed by atoms with E-state index in [2.05, 4.69) is 4.74 Å². The molecule has 0 aromatic carbocycles. The molecular weight excluding hydrogens is 172 g/mol. The molecule has 0 spiro atoms. The van der Waals surface area contributed by atoms with E-state index in [9.17, 15) is 4.79 Å². The molecule has 0 aromatic heterocycles. The van der Waals surface area contributed by atoms with Crippen LogP contribution in [0.2, 0.25) is 0 Å². The molecule has 0 saturated carbocycles. The number of esters is 1. The largest absolute Gasteiger partial charge is 0.466 e. The molecule has 2 atom stereocenters. The monoisotopic (exact) mass is 186 g/mol. The second-order valence-corrected chi connectivity index (χ2v) is 2.50. The second-order valence-electron chi connectivity index (χ2n) is 2.50. The highest BCUT2D eigenvalue weighted by Crippen LogP contribution is 1.93. The van der Waals surface area contributed by atoms with Crippen LogP contribution in [0.25, 0.3) is 0 Å². The quantitative estimate of drug-likeness (QED) is 0.369. The maximum Gasteiger partial charge on any atom is 0.330 e. The van der Waals surface area contributed by atoms with Crippen LogP contribution in [0.15, 0.2) is 24.3 Å². The van der Waals surface area contributed by atoms with Crippen LogP contribution in [0.3, 0.4) is 0 Å². The third-order valence-electron chi connectivity index (χ3n) is 1.35. The van der Waals surface area contributed by atoms with Gasteiger partial charge in [-0.15, -0.1) is 0 Å². The number of hydrogen-bond donors (Lipinski definition) is 2. The lowest BCUT2D eigenvalue weighted by Gasteiger charge is -2.06. The summed E-state index contributed by atoms with van der Waals surface area (Å²) in [6.45, 7) is 1.47. The van der Waals surface area contributed by atoms with Crippen molar-refractivity contribution in [1.29, 1.82) is 0 Å². The van der Waals surface area contributed by atoms with Gasteiger partial charge in [-0.25, -0.2) is 4.79 Å². The van der Waals surface area contributed by atoms with Crippen LogP contribution in [-0.2, 0) is 9.53 Å². The van der Waals surface area contributed by atoms with Gasteiger partial charge in [-0.2, -0.15) is 0 Å². The predicted octanol–water partition coefficient (Wildman–Crippen LogP) is 0.0135. The lowest BCUT2D eigenvalue weighted by Crippen LogP contribution is -2.19. The summed E-state index contributed by atoms with van der Waals surface area (Å²) in [4.78, 5) is 10.5. The Morgan fingerprint density at radius 1 is 1.38 bits per heavy atom. The molecule has 0 amide bonds. The topological polar surface area (TPSA) is 66.8 Å². The van der Waals surface area contributed by atoms with Gasteiger partial charge in [-0.1, -0.05) is 18.2 Å². The molecule has 0 heterocycles. The van der Waals surface area contributed by atoms with Crippen molar-refractivity contribution in [3.8, 4) is 0 Å². The average Bonchev–Trinajstić information content (AvgIpc) is 2.11. The first-order chi connectivity index (χ1) is 6.07. The Balaban J connectivity index is 3.87. The van der Waals surface area contributed by atoms with Crippen molar-refractivity contribution in [2.75, 3.05) is 7.11 Å². The Morgan fingerprint density at radius 2 is 2.00 bits per heavy atom. The first-order valence-electron chi connectivity index (χ1n) is 3.87. The summed E-state index contributed by atoms with van der Waals surface area (Å²) in [7, 11) is 1.28. The molecule has 0 aliphatic heterocycles. The fourth-order valence-electron chi connectivity index (χ4n) is 0.541. The Bertz CT molecular complexity index is 206. The Kier molecular flexibility index (Phi) is 5.84. The minimum atomic E-state index is -0.915. The number of hydrogen-bond acceptors (Lipinski definition) is 4. The molecule has 4 nitrogen and oxygen atoms in total. The molecule has 13 heavy (non-hydrogen) atoms. The van der Waals surface area contributed by atoms with Crippen molar-refractivity contribution < 1.29 is 19.7 Å². The van der Waals surface area contributed by atoms with Gasteiger partial charge < -0.3 is 14.9 Å². The molecular formula is C9H14O4. The zero-order valence-electron chi connectivity index (χ0n) is 7.68. The van der Waals surface area contributed by atoms with Crippen molar-refractivity contribution in [2.45, 2.75) is 19.1 Å². The van der Waals surface area contributed by atoms with Gasteiger partial charge in [0.25, 0.3) is 0 Å². The SMILES string of the molecule is COC(=O)/C=C/C=C/[C@@H](O)[C@@H](C)O. The zero-order valence-corrected chi connectivity index (χ0v) is 7.68. The van der Waals surface area contributed by atoms with Crippen LogP contribution in [0.4, 0.5) is 0 Å². The smallest absolute Gasteiger partial charge is 0.330 e. The average molecular weight is 186 g/mol. The van der Waals surface area contributed by atoms with Gasteiger partial charge in [0.2, 0.25) is 0 Å². The fraction of sp³-hybridized carbons (Fsp3) is 0.444. The lowest BCUT2D eigenvalue weighted by atomic mass is 10.2. The van der Waals surface area contributed by atoms with E-state index in [0.29, 0.717) is 0 Å². The third kappa shape index (κ3) is 6.07. The van der Waals surface area contributed by atoms with Crippen molar-refractivity contribution in [3.05, 3.63) is 24.3 Å². The second kappa shape index (κ2) is 6.39. The van der Waals surface area contributed by atoms with Gasteiger partial charge in [-0.05, 0) is 6.92 Å². The van der Waals surface area contributed by atoms with Crippen molar-refractivity contribution in [2.24, 2.45) is 0 Å². The van der Waals surface area contributed by atoms with Crippen LogP contribution in [0, 0.1) is 0 Å². The van der Waals surface area contributed by atoms with Crippen LogP contribution in [0.5, 0.6) is 0 Å². The summed E-state index contributed by atoms with van der Waals surface area (Å²) in [6.07, 6.45) is 3.76. The number of carbonyl (C=O) groups is 1. The van der Waals surface area contributed by atoms with Gasteiger partial charge >= 0.3 is 5.97 Å². The van der Waals surface area contributed by atoms with Crippen molar-refractivity contribution in [1.82, 2.24) is 0 Å². The van der Waals surface area contributed by atoms with Crippen LogP contribution >= 0.6 is 0 Å². The van der Waals surface area contributed by atoms with E-state index < -0.39 is 18.2 Å². The number of aliphatic hydroxyl groups excluding tert-OH is 2. The van der Waals surface area contributed by atoms with Crippen LogP contribution < -0.4 is 0 Å². The summed E-state index contributed by atoms with van der Waals surface area (Å²) in [5.41, 5.74) is 0. The van der Waals surface area contributed by atoms with Crippen LogP contribution in [-0.4, -0.2) is 35.5 Å². The van der Waals surface area contributed by atoms with Gasteiger partial charge in [0, 0.05) is 6.08 Å². The summed E-state index contributed by atoms with van der Waals surface area (Å²) >= 11 is 0. The highest BCUT2D eigenvalue weighted by molar-refractivity contribution is 5.82. The van der Waals surface area contributed by atoms with Crippen LogP contribution in [0.1, 0.15) is 6.92 Å². The normalized spacial score (nSPS) is 16.3. The summed E-state index contributed by atoms with van der Waals surface area (Å²) < 4.78 is 4.33. The van der Waals surface area contributed by atoms with Gasteiger partial charge in [-0.3, -0.25) is 0 Å². The Labute approximate surface area is 77.1 Å².